The van der Waals surface area contributed by atoms with Crippen molar-refractivity contribution in [3.63, 3.8) is 0 Å². The van der Waals surface area contributed by atoms with E-state index in [2.05, 4.69) is 34.2 Å². The second-order valence-corrected chi connectivity index (χ2v) is 8.18. The van der Waals surface area contributed by atoms with Gasteiger partial charge >= 0.3 is 0 Å². The van der Waals surface area contributed by atoms with Crippen LogP contribution in [0.4, 0.5) is 0 Å². The van der Waals surface area contributed by atoms with Crippen LogP contribution in [0.5, 0.6) is 0 Å². The van der Waals surface area contributed by atoms with Gasteiger partial charge in [0.1, 0.15) is 0 Å². The van der Waals surface area contributed by atoms with Gasteiger partial charge in [0.2, 0.25) is 10.0 Å². The zero-order valence-corrected chi connectivity index (χ0v) is 19.8. The summed E-state index contributed by atoms with van der Waals surface area (Å²) in [6, 6.07) is 6.72. The molecule has 1 rings (SSSR count). The highest BCUT2D eigenvalue weighted by Crippen LogP contribution is 2.10. The monoisotopic (exact) mass is 512 g/mol. The lowest BCUT2D eigenvalue weighted by Crippen LogP contribution is -2.38. The fraction of sp³-hybridized carbons (Fsp3) is 0.611. The Kier molecular flexibility index (Phi) is 13.7. The number of aliphatic imine (C=N–C) groups is 1. The molecule has 0 bridgehead atoms. The second-order valence-electron chi connectivity index (χ2n) is 6.30. The van der Waals surface area contributed by atoms with E-state index in [1.165, 1.54) is 7.05 Å². The SMILES string of the molecule is CCNC(=NCc1ccc(S(=O)(=O)NC)cc1)NCCCOCC(C)C.I. The molecule has 9 heteroatoms. The highest BCUT2D eigenvalue weighted by atomic mass is 127. The third-order valence-corrected chi connectivity index (χ3v) is 4.91. The molecule has 3 N–H and O–H groups in total. The highest BCUT2D eigenvalue weighted by molar-refractivity contribution is 14.0. The van der Waals surface area contributed by atoms with Crippen LogP contribution in [-0.2, 0) is 21.3 Å². The zero-order valence-electron chi connectivity index (χ0n) is 16.6. The normalized spacial score (nSPS) is 12.0. The average Bonchev–Trinajstić information content (AvgIpc) is 2.62. The van der Waals surface area contributed by atoms with Crippen molar-refractivity contribution in [2.45, 2.75) is 38.6 Å². The van der Waals surface area contributed by atoms with E-state index in [1.54, 1.807) is 24.3 Å². The minimum Gasteiger partial charge on any atom is -0.381 e. The Hall–Kier alpha value is -0.910. The van der Waals surface area contributed by atoms with E-state index in [-0.39, 0.29) is 28.9 Å². The summed E-state index contributed by atoms with van der Waals surface area (Å²) < 4.78 is 31.3. The van der Waals surface area contributed by atoms with Crippen LogP contribution in [0, 0.1) is 5.92 Å². The summed E-state index contributed by atoms with van der Waals surface area (Å²) in [5.41, 5.74) is 0.942. The Balaban J connectivity index is 0.00000676. The van der Waals surface area contributed by atoms with Crippen molar-refractivity contribution in [1.82, 2.24) is 15.4 Å². The number of benzene rings is 1. The molecule has 0 heterocycles. The summed E-state index contributed by atoms with van der Waals surface area (Å²) >= 11 is 0. The first kappa shape index (κ1) is 26.1. The maximum absolute atomic E-state index is 11.7. The van der Waals surface area contributed by atoms with Crippen LogP contribution >= 0.6 is 24.0 Å². The number of nitrogens with zero attached hydrogens (tertiary/aromatic N) is 1. The van der Waals surface area contributed by atoms with Gasteiger partial charge in [0.15, 0.2) is 5.96 Å². The largest absolute Gasteiger partial charge is 0.381 e. The van der Waals surface area contributed by atoms with Crippen LogP contribution in [-0.4, -0.2) is 47.7 Å². The molecular formula is C18H33IN4O3S. The average molecular weight is 512 g/mol. The topological polar surface area (TPSA) is 91.8 Å². The second kappa shape index (κ2) is 14.1. The Bertz CT molecular complexity index is 649. The summed E-state index contributed by atoms with van der Waals surface area (Å²) in [6.45, 7) is 9.82. The molecule has 0 amide bonds. The van der Waals surface area contributed by atoms with Crippen molar-refractivity contribution in [2.75, 3.05) is 33.4 Å². The molecule has 0 aromatic heterocycles. The predicted molar refractivity (Wildman–Crippen MR) is 121 cm³/mol. The van der Waals surface area contributed by atoms with Crippen molar-refractivity contribution in [2.24, 2.45) is 10.9 Å². The maximum Gasteiger partial charge on any atom is 0.240 e. The molecule has 0 unspecified atom stereocenters. The summed E-state index contributed by atoms with van der Waals surface area (Å²) in [4.78, 5) is 4.78. The first-order valence-corrected chi connectivity index (χ1v) is 10.5. The molecule has 0 atom stereocenters. The van der Waals surface area contributed by atoms with Gasteiger partial charge in [-0.3, -0.25) is 0 Å². The predicted octanol–water partition coefficient (Wildman–Crippen LogP) is 2.33. The molecule has 156 valence electrons. The third kappa shape index (κ3) is 10.9. The number of ether oxygens (including phenoxy) is 1. The van der Waals surface area contributed by atoms with E-state index in [0.717, 1.165) is 44.2 Å². The number of hydrogen-bond acceptors (Lipinski definition) is 4. The van der Waals surface area contributed by atoms with Crippen LogP contribution in [0.3, 0.4) is 0 Å². The molecular weight excluding hydrogens is 479 g/mol. The minimum atomic E-state index is -3.40. The Morgan fingerprint density at radius 2 is 1.85 bits per heavy atom. The van der Waals surface area contributed by atoms with Gasteiger partial charge in [-0.25, -0.2) is 18.1 Å². The van der Waals surface area contributed by atoms with Gasteiger partial charge in [-0.1, -0.05) is 26.0 Å². The maximum atomic E-state index is 11.7. The van der Waals surface area contributed by atoms with Crippen molar-refractivity contribution >= 4 is 40.0 Å². The van der Waals surface area contributed by atoms with Crippen molar-refractivity contribution in [3.05, 3.63) is 29.8 Å². The van der Waals surface area contributed by atoms with Crippen molar-refractivity contribution in [3.8, 4) is 0 Å². The van der Waals surface area contributed by atoms with Crippen molar-refractivity contribution in [1.29, 1.82) is 0 Å². The Morgan fingerprint density at radius 1 is 1.19 bits per heavy atom. The van der Waals surface area contributed by atoms with Gasteiger partial charge in [0.05, 0.1) is 11.4 Å². The molecule has 1 aromatic carbocycles. The molecule has 0 spiro atoms. The molecule has 0 saturated carbocycles. The first-order valence-electron chi connectivity index (χ1n) is 9.01. The van der Waals surface area contributed by atoms with Gasteiger partial charge in [-0.05, 0) is 44.0 Å². The van der Waals surface area contributed by atoms with Crippen LogP contribution in [0.15, 0.2) is 34.2 Å². The van der Waals surface area contributed by atoms with Crippen LogP contribution in [0.25, 0.3) is 0 Å². The summed E-state index contributed by atoms with van der Waals surface area (Å²) in [7, 11) is -2.00. The van der Waals surface area contributed by atoms with Crippen LogP contribution in [0.2, 0.25) is 0 Å². The van der Waals surface area contributed by atoms with Crippen molar-refractivity contribution < 1.29 is 13.2 Å². The standard InChI is InChI=1S/C18H32N4O3S.HI/c1-5-20-18(21-11-6-12-25-14-15(2)3)22-13-16-7-9-17(10-8-16)26(23,24)19-4;/h7-10,15,19H,5-6,11-14H2,1-4H3,(H2,20,21,22);1H. The van der Waals surface area contributed by atoms with E-state index in [0.29, 0.717) is 12.5 Å². The number of sulfonamides is 1. The summed E-state index contributed by atoms with van der Waals surface area (Å²) in [5, 5.41) is 6.48. The lowest BCUT2D eigenvalue weighted by molar-refractivity contribution is 0.108. The molecule has 7 nitrogen and oxygen atoms in total. The van der Waals surface area contributed by atoms with E-state index >= 15 is 0 Å². The van der Waals surface area contributed by atoms with Gasteiger partial charge in [0.25, 0.3) is 0 Å². The lowest BCUT2D eigenvalue weighted by Gasteiger charge is -2.12. The molecule has 0 saturated heterocycles. The van der Waals surface area contributed by atoms with E-state index in [4.69, 9.17) is 4.74 Å². The smallest absolute Gasteiger partial charge is 0.240 e. The molecule has 0 radical (unpaired) electrons. The third-order valence-electron chi connectivity index (χ3n) is 3.48. The molecule has 0 aliphatic carbocycles. The lowest BCUT2D eigenvalue weighted by atomic mass is 10.2. The van der Waals surface area contributed by atoms with E-state index in [1.807, 2.05) is 6.92 Å². The molecule has 0 aliphatic heterocycles. The van der Waals surface area contributed by atoms with Crippen LogP contribution < -0.4 is 15.4 Å². The van der Waals surface area contributed by atoms with Gasteiger partial charge in [0, 0.05) is 26.3 Å². The molecule has 27 heavy (non-hydrogen) atoms. The Labute approximate surface area is 180 Å². The number of hydrogen-bond donors (Lipinski definition) is 3. The van der Waals surface area contributed by atoms with Gasteiger partial charge < -0.3 is 15.4 Å². The zero-order chi connectivity index (χ0) is 19.4. The van der Waals surface area contributed by atoms with Gasteiger partial charge in [-0.2, -0.15) is 0 Å². The number of halogens is 1. The van der Waals surface area contributed by atoms with E-state index in [9.17, 15) is 8.42 Å². The Morgan fingerprint density at radius 3 is 2.41 bits per heavy atom. The molecule has 1 aromatic rings. The fourth-order valence-corrected chi connectivity index (χ4v) is 2.83. The van der Waals surface area contributed by atoms with Crippen LogP contribution in [0.1, 0.15) is 32.8 Å². The van der Waals surface area contributed by atoms with E-state index < -0.39 is 10.0 Å². The molecule has 0 aliphatic rings. The first-order chi connectivity index (χ1) is 12.4. The summed E-state index contributed by atoms with van der Waals surface area (Å²) in [5.74, 6) is 1.29. The number of guanidine groups is 1. The number of rotatable bonds is 11. The summed E-state index contributed by atoms with van der Waals surface area (Å²) in [6.07, 6.45) is 0.910. The fourth-order valence-electron chi connectivity index (χ4n) is 2.10. The quantitative estimate of drug-likeness (QED) is 0.183. The molecule has 0 fully saturated rings. The minimum absolute atomic E-state index is 0. The number of nitrogens with one attached hydrogen (secondary N) is 3. The van der Waals surface area contributed by atoms with Gasteiger partial charge in [-0.15, -0.1) is 24.0 Å². The highest BCUT2D eigenvalue weighted by Gasteiger charge is 2.10.